The minimum atomic E-state index is -0.150. The summed E-state index contributed by atoms with van der Waals surface area (Å²) < 4.78 is 6.09. The van der Waals surface area contributed by atoms with Gasteiger partial charge in [0.25, 0.3) is 0 Å². The highest BCUT2D eigenvalue weighted by Gasteiger charge is 2.38. The second-order valence-corrected chi connectivity index (χ2v) is 7.01. The van der Waals surface area contributed by atoms with E-state index >= 15 is 0 Å². The van der Waals surface area contributed by atoms with Gasteiger partial charge < -0.3 is 9.64 Å². The minimum absolute atomic E-state index is 0.00113. The van der Waals surface area contributed by atoms with Crippen LogP contribution >= 0.6 is 0 Å². The predicted octanol–water partition coefficient (Wildman–Crippen LogP) is 2.75. The molecule has 0 N–H and O–H groups in total. The number of nitrogens with zero attached hydrogens (tertiary/aromatic N) is 3. The molecule has 1 amide bonds. The van der Waals surface area contributed by atoms with E-state index in [1.54, 1.807) is 17.3 Å². The van der Waals surface area contributed by atoms with Crippen molar-refractivity contribution in [3.05, 3.63) is 59.9 Å². The van der Waals surface area contributed by atoms with Crippen LogP contribution in [0.25, 0.3) is 0 Å². The molecule has 1 fully saturated rings. The standard InChI is InChI=1S/C21H27N3O2/c1-4-16-5-7-17(8-6-16)14-24-15-19(13-20(24)21(25)23(2)3)26-18-9-11-22-12-10-18/h5-12,19-20H,4,13-15H2,1-3H3/t19-,20+/m1/s1. The Morgan fingerprint density at radius 2 is 1.81 bits per heavy atom. The molecule has 0 aliphatic carbocycles. The number of amides is 1. The molecule has 5 heteroatoms. The number of aryl methyl sites for hydroxylation is 1. The van der Waals surface area contributed by atoms with Crippen LogP contribution in [0.4, 0.5) is 0 Å². The van der Waals surface area contributed by atoms with Crippen molar-refractivity contribution in [3.63, 3.8) is 0 Å². The molecular formula is C21H27N3O2. The minimum Gasteiger partial charge on any atom is -0.489 e. The first-order valence-electron chi connectivity index (χ1n) is 9.16. The number of hydrogen-bond acceptors (Lipinski definition) is 4. The van der Waals surface area contributed by atoms with E-state index in [2.05, 4.69) is 41.1 Å². The van der Waals surface area contributed by atoms with Crippen LogP contribution in [0.3, 0.4) is 0 Å². The molecular weight excluding hydrogens is 326 g/mol. The summed E-state index contributed by atoms with van der Waals surface area (Å²) in [6.45, 7) is 3.65. The summed E-state index contributed by atoms with van der Waals surface area (Å²) in [6, 6.07) is 12.2. The van der Waals surface area contributed by atoms with Crippen molar-refractivity contribution in [1.82, 2.24) is 14.8 Å². The number of rotatable bonds is 6. The highest BCUT2D eigenvalue weighted by Crippen LogP contribution is 2.25. The second kappa shape index (κ2) is 8.32. The molecule has 3 rings (SSSR count). The van der Waals surface area contributed by atoms with Gasteiger partial charge >= 0.3 is 0 Å². The maximum Gasteiger partial charge on any atom is 0.239 e. The van der Waals surface area contributed by atoms with Crippen molar-refractivity contribution < 1.29 is 9.53 Å². The van der Waals surface area contributed by atoms with Crippen LogP contribution in [0.1, 0.15) is 24.5 Å². The summed E-state index contributed by atoms with van der Waals surface area (Å²) in [5, 5.41) is 0. The first-order chi connectivity index (χ1) is 12.6. The quantitative estimate of drug-likeness (QED) is 0.801. The average Bonchev–Trinajstić information content (AvgIpc) is 3.04. The largest absolute Gasteiger partial charge is 0.489 e. The van der Waals surface area contributed by atoms with Gasteiger partial charge in [-0.05, 0) is 29.7 Å². The van der Waals surface area contributed by atoms with Crippen LogP contribution in [0.5, 0.6) is 5.75 Å². The van der Waals surface area contributed by atoms with Crippen LogP contribution in [0.2, 0.25) is 0 Å². The second-order valence-electron chi connectivity index (χ2n) is 7.01. The number of aromatic nitrogens is 1. The lowest BCUT2D eigenvalue weighted by atomic mass is 10.1. The van der Waals surface area contributed by atoms with E-state index in [1.807, 2.05) is 26.2 Å². The lowest BCUT2D eigenvalue weighted by Crippen LogP contribution is -2.42. The van der Waals surface area contributed by atoms with E-state index < -0.39 is 0 Å². The molecule has 1 aliphatic rings. The van der Waals surface area contributed by atoms with Crippen molar-refractivity contribution in [2.45, 2.75) is 38.5 Å². The zero-order chi connectivity index (χ0) is 18.5. The van der Waals surface area contributed by atoms with Gasteiger partial charge in [0.2, 0.25) is 5.91 Å². The third kappa shape index (κ3) is 4.41. The van der Waals surface area contributed by atoms with Crippen LogP contribution < -0.4 is 4.74 Å². The number of ether oxygens (including phenoxy) is 1. The van der Waals surface area contributed by atoms with Gasteiger partial charge in [0.15, 0.2) is 0 Å². The molecule has 0 spiro atoms. The molecule has 2 atom stereocenters. The van der Waals surface area contributed by atoms with Crippen LogP contribution in [0.15, 0.2) is 48.8 Å². The first-order valence-corrected chi connectivity index (χ1v) is 9.16. The Morgan fingerprint density at radius 1 is 1.15 bits per heavy atom. The molecule has 0 unspecified atom stereocenters. The van der Waals surface area contributed by atoms with Gasteiger partial charge in [0.1, 0.15) is 11.9 Å². The number of likely N-dealkylation sites (N-methyl/N-ethyl adjacent to an activating group) is 1. The lowest BCUT2D eigenvalue weighted by Gasteiger charge is -2.25. The monoisotopic (exact) mass is 353 g/mol. The first kappa shape index (κ1) is 18.4. The van der Waals surface area contributed by atoms with E-state index in [0.717, 1.165) is 25.3 Å². The highest BCUT2D eigenvalue weighted by atomic mass is 16.5. The molecule has 1 aromatic carbocycles. The Bertz CT molecular complexity index is 716. The Kier molecular flexibility index (Phi) is 5.89. The lowest BCUT2D eigenvalue weighted by molar-refractivity contribution is -0.133. The van der Waals surface area contributed by atoms with Crippen molar-refractivity contribution in [1.29, 1.82) is 0 Å². The Hall–Kier alpha value is -2.40. The van der Waals surface area contributed by atoms with E-state index in [9.17, 15) is 4.79 Å². The maximum absolute atomic E-state index is 12.7. The zero-order valence-corrected chi connectivity index (χ0v) is 15.8. The predicted molar refractivity (Wildman–Crippen MR) is 102 cm³/mol. The van der Waals surface area contributed by atoms with Crippen LogP contribution in [0, 0.1) is 0 Å². The summed E-state index contributed by atoms with van der Waals surface area (Å²) in [5.74, 6) is 0.936. The number of likely N-dealkylation sites (tertiary alicyclic amines) is 1. The SMILES string of the molecule is CCc1ccc(CN2C[C@H](Oc3ccncc3)C[C@H]2C(=O)N(C)C)cc1. The Morgan fingerprint density at radius 3 is 2.42 bits per heavy atom. The molecule has 0 radical (unpaired) electrons. The van der Waals surface area contributed by atoms with Crippen molar-refractivity contribution in [3.8, 4) is 5.75 Å². The van der Waals surface area contributed by atoms with Gasteiger partial charge in [0, 0.05) is 46.0 Å². The van der Waals surface area contributed by atoms with E-state index in [4.69, 9.17) is 4.74 Å². The molecule has 0 saturated carbocycles. The number of carbonyl (C=O) groups excluding carboxylic acids is 1. The smallest absolute Gasteiger partial charge is 0.239 e. The topological polar surface area (TPSA) is 45.7 Å². The fourth-order valence-corrected chi connectivity index (χ4v) is 3.40. The van der Waals surface area contributed by atoms with Gasteiger partial charge in [-0.25, -0.2) is 0 Å². The van der Waals surface area contributed by atoms with Crippen molar-refractivity contribution in [2.75, 3.05) is 20.6 Å². The fourth-order valence-electron chi connectivity index (χ4n) is 3.40. The highest BCUT2D eigenvalue weighted by molar-refractivity contribution is 5.81. The number of hydrogen-bond donors (Lipinski definition) is 0. The third-order valence-electron chi connectivity index (χ3n) is 4.86. The summed E-state index contributed by atoms with van der Waals surface area (Å²) in [6.07, 6.45) is 5.18. The fraction of sp³-hybridized carbons (Fsp3) is 0.429. The molecule has 1 aromatic heterocycles. The van der Waals surface area contributed by atoms with Gasteiger partial charge in [-0.2, -0.15) is 0 Å². The zero-order valence-electron chi connectivity index (χ0n) is 15.8. The molecule has 138 valence electrons. The molecule has 2 heterocycles. The molecule has 26 heavy (non-hydrogen) atoms. The molecule has 1 aliphatic heterocycles. The average molecular weight is 353 g/mol. The van der Waals surface area contributed by atoms with Gasteiger partial charge in [-0.3, -0.25) is 14.7 Å². The normalized spacial score (nSPS) is 20.1. The molecule has 2 aromatic rings. The van der Waals surface area contributed by atoms with Crippen molar-refractivity contribution >= 4 is 5.91 Å². The summed E-state index contributed by atoms with van der Waals surface area (Å²) in [7, 11) is 3.63. The number of benzene rings is 1. The summed E-state index contributed by atoms with van der Waals surface area (Å²) in [4.78, 5) is 20.6. The number of pyridine rings is 1. The third-order valence-corrected chi connectivity index (χ3v) is 4.86. The molecule has 5 nitrogen and oxygen atoms in total. The number of carbonyl (C=O) groups is 1. The van der Waals surface area contributed by atoms with E-state index in [1.165, 1.54) is 11.1 Å². The molecule has 0 bridgehead atoms. The van der Waals surface area contributed by atoms with Crippen molar-refractivity contribution in [2.24, 2.45) is 0 Å². The molecule has 1 saturated heterocycles. The summed E-state index contributed by atoms with van der Waals surface area (Å²) in [5.41, 5.74) is 2.55. The van der Waals surface area contributed by atoms with Crippen LogP contribution in [-0.4, -0.2) is 53.5 Å². The van der Waals surface area contributed by atoms with E-state index in [0.29, 0.717) is 6.42 Å². The maximum atomic E-state index is 12.7. The van der Waals surface area contributed by atoms with Gasteiger partial charge in [-0.15, -0.1) is 0 Å². The van der Waals surface area contributed by atoms with Crippen LogP contribution in [-0.2, 0) is 17.8 Å². The summed E-state index contributed by atoms with van der Waals surface area (Å²) >= 11 is 0. The van der Waals surface area contributed by atoms with Gasteiger partial charge in [-0.1, -0.05) is 31.2 Å². The Labute approximate surface area is 155 Å². The van der Waals surface area contributed by atoms with Gasteiger partial charge in [0.05, 0.1) is 6.04 Å². The van der Waals surface area contributed by atoms with E-state index in [-0.39, 0.29) is 18.1 Å². The Balaban J connectivity index is 1.72.